The van der Waals surface area contributed by atoms with Crippen molar-refractivity contribution in [3.63, 3.8) is 0 Å². The molecule has 2 N–H and O–H groups in total. The maximum atomic E-state index is 13.2. The number of anilines is 2. The molecule has 0 amide bonds. The third-order valence-electron chi connectivity index (χ3n) is 3.08. The maximum Gasteiger partial charge on any atom is 0.433 e. The Labute approximate surface area is 137 Å². The summed E-state index contributed by atoms with van der Waals surface area (Å²) in [5.41, 5.74) is -0.769. The highest BCUT2D eigenvalue weighted by Crippen LogP contribution is 2.31. The van der Waals surface area contributed by atoms with Crippen molar-refractivity contribution in [2.45, 2.75) is 26.6 Å². The average Bonchev–Trinajstić information content (AvgIpc) is 2.47. The van der Waals surface area contributed by atoms with Gasteiger partial charge in [0.15, 0.2) is 5.69 Å². The van der Waals surface area contributed by atoms with Crippen molar-refractivity contribution in [1.29, 1.82) is 0 Å². The van der Waals surface area contributed by atoms with Gasteiger partial charge in [0.05, 0.1) is 0 Å². The fraction of sp³-hybridized carbons (Fsp3) is 0.375. The first-order valence-electron chi connectivity index (χ1n) is 7.42. The predicted octanol–water partition coefficient (Wildman–Crippen LogP) is 4.12. The van der Waals surface area contributed by atoms with Gasteiger partial charge in [0.2, 0.25) is 5.95 Å². The molecule has 0 spiro atoms. The van der Waals surface area contributed by atoms with Crippen molar-refractivity contribution in [1.82, 2.24) is 15.3 Å². The molecule has 24 heavy (non-hydrogen) atoms. The lowest BCUT2D eigenvalue weighted by atomic mass is 10.2. The number of hydrogen-bond acceptors (Lipinski definition) is 4. The first-order valence-corrected chi connectivity index (χ1v) is 7.42. The molecule has 130 valence electrons. The summed E-state index contributed by atoms with van der Waals surface area (Å²) in [6.07, 6.45) is -3.47. The molecule has 0 bridgehead atoms. The monoisotopic (exact) mass is 342 g/mol. The molecule has 0 radical (unpaired) electrons. The lowest BCUT2D eigenvalue weighted by molar-refractivity contribution is -0.141. The second-order valence-corrected chi connectivity index (χ2v) is 5.73. The number of nitrogens with zero attached hydrogens (tertiary/aromatic N) is 2. The van der Waals surface area contributed by atoms with E-state index in [1.165, 1.54) is 18.2 Å². The van der Waals surface area contributed by atoms with Crippen LogP contribution >= 0.6 is 0 Å². The van der Waals surface area contributed by atoms with Crippen molar-refractivity contribution >= 4 is 11.6 Å². The van der Waals surface area contributed by atoms with Gasteiger partial charge in [-0.25, -0.2) is 14.4 Å². The predicted molar refractivity (Wildman–Crippen MR) is 83.3 cm³/mol. The van der Waals surface area contributed by atoms with E-state index in [1.807, 2.05) is 13.8 Å². The lowest BCUT2D eigenvalue weighted by Crippen LogP contribution is -2.23. The molecule has 0 unspecified atom stereocenters. The first kappa shape index (κ1) is 18.1. The molecule has 8 heteroatoms. The Morgan fingerprint density at radius 3 is 2.58 bits per heavy atom. The molecule has 0 aliphatic carbocycles. The molecular formula is C16H18F4N4. The van der Waals surface area contributed by atoms with E-state index in [9.17, 15) is 17.6 Å². The summed E-state index contributed by atoms with van der Waals surface area (Å²) in [4.78, 5) is 7.45. The van der Waals surface area contributed by atoms with E-state index in [-0.39, 0.29) is 23.7 Å². The van der Waals surface area contributed by atoms with E-state index in [0.29, 0.717) is 12.5 Å². The number of benzene rings is 1. The fourth-order valence-corrected chi connectivity index (χ4v) is 2.03. The van der Waals surface area contributed by atoms with Gasteiger partial charge in [0, 0.05) is 24.0 Å². The molecule has 0 aliphatic heterocycles. The van der Waals surface area contributed by atoms with Crippen LogP contribution in [0.5, 0.6) is 0 Å². The van der Waals surface area contributed by atoms with E-state index in [1.54, 1.807) is 0 Å². The van der Waals surface area contributed by atoms with Crippen molar-refractivity contribution in [3.8, 4) is 0 Å². The molecule has 2 rings (SSSR count). The van der Waals surface area contributed by atoms with Crippen LogP contribution in [0.2, 0.25) is 0 Å². The standard InChI is InChI=1S/C16H18F4N4/c1-10(2)7-21-8-11-9-22-15(24-14(11)16(18,19)20)23-13-5-3-4-12(17)6-13/h3-6,9-10,21H,7-8H2,1-2H3,(H,22,23,24). The minimum atomic E-state index is -4.60. The third-order valence-corrected chi connectivity index (χ3v) is 3.08. The van der Waals surface area contributed by atoms with Gasteiger partial charge >= 0.3 is 6.18 Å². The molecule has 0 saturated heterocycles. The smallest absolute Gasteiger partial charge is 0.324 e. The van der Waals surface area contributed by atoms with Gasteiger partial charge in [0.25, 0.3) is 0 Å². The Morgan fingerprint density at radius 1 is 1.21 bits per heavy atom. The van der Waals surface area contributed by atoms with Crippen LogP contribution in [-0.4, -0.2) is 16.5 Å². The van der Waals surface area contributed by atoms with Crippen LogP contribution in [0.15, 0.2) is 30.5 Å². The number of nitrogens with one attached hydrogen (secondary N) is 2. The van der Waals surface area contributed by atoms with Gasteiger partial charge in [-0.15, -0.1) is 0 Å². The third kappa shape index (κ3) is 5.16. The van der Waals surface area contributed by atoms with Gasteiger partial charge in [-0.3, -0.25) is 0 Å². The van der Waals surface area contributed by atoms with Gasteiger partial charge in [0.1, 0.15) is 5.82 Å². The van der Waals surface area contributed by atoms with Crippen LogP contribution in [-0.2, 0) is 12.7 Å². The van der Waals surface area contributed by atoms with E-state index >= 15 is 0 Å². The minimum absolute atomic E-state index is 0.0211. The molecule has 0 fully saturated rings. The van der Waals surface area contributed by atoms with E-state index in [2.05, 4.69) is 20.6 Å². The van der Waals surface area contributed by atoms with Crippen LogP contribution in [0.25, 0.3) is 0 Å². The lowest BCUT2D eigenvalue weighted by Gasteiger charge is -2.14. The number of alkyl halides is 3. The Kier molecular flexibility index (Phi) is 5.71. The van der Waals surface area contributed by atoms with E-state index < -0.39 is 17.7 Å². The second kappa shape index (κ2) is 7.57. The zero-order valence-corrected chi connectivity index (χ0v) is 13.3. The van der Waals surface area contributed by atoms with Crippen LogP contribution in [0, 0.1) is 11.7 Å². The number of rotatable bonds is 6. The molecule has 1 aromatic carbocycles. The van der Waals surface area contributed by atoms with Crippen molar-refractivity contribution in [3.05, 3.63) is 47.5 Å². The van der Waals surface area contributed by atoms with Crippen LogP contribution in [0.3, 0.4) is 0 Å². The van der Waals surface area contributed by atoms with Crippen molar-refractivity contribution in [2.75, 3.05) is 11.9 Å². The van der Waals surface area contributed by atoms with Crippen molar-refractivity contribution in [2.24, 2.45) is 5.92 Å². The van der Waals surface area contributed by atoms with E-state index in [0.717, 1.165) is 12.3 Å². The minimum Gasteiger partial charge on any atom is -0.324 e. The van der Waals surface area contributed by atoms with Gasteiger partial charge < -0.3 is 10.6 Å². The highest BCUT2D eigenvalue weighted by Gasteiger charge is 2.36. The van der Waals surface area contributed by atoms with Crippen LogP contribution in [0.4, 0.5) is 29.2 Å². The van der Waals surface area contributed by atoms with Crippen LogP contribution in [0.1, 0.15) is 25.1 Å². The quantitative estimate of drug-likeness (QED) is 0.775. The average molecular weight is 342 g/mol. The largest absolute Gasteiger partial charge is 0.433 e. The summed E-state index contributed by atoms with van der Waals surface area (Å²) in [5, 5.41) is 5.52. The molecule has 4 nitrogen and oxygen atoms in total. The van der Waals surface area contributed by atoms with Crippen molar-refractivity contribution < 1.29 is 17.6 Å². The first-order chi connectivity index (χ1) is 11.3. The molecule has 0 atom stereocenters. The summed E-state index contributed by atoms with van der Waals surface area (Å²) in [6.45, 7) is 4.52. The van der Waals surface area contributed by atoms with Crippen LogP contribution < -0.4 is 10.6 Å². The summed E-state index contributed by atoms with van der Waals surface area (Å²) in [7, 11) is 0. The van der Waals surface area contributed by atoms with Gasteiger partial charge in [-0.1, -0.05) is 19.9 Å². The van der Waals surface area contributed by atoms with E-state index in [4.69, 9.17) is 0 Å². The van der Waals surface area contributed by atoms with Gasteiger partial charge in [-0.05, 0) is 30.7 Å². The second-order valence-electron chi connectivity index (χ2n) is 5.73. The fourth-order valence-electron chi connectivity index (χ4n) is 2.03. The molecule has 2 aromatic rings. The highest BCUT2D eigenvalue weighted by atomic mass is 19.4. The Bertz CT molecular complexity index is 686. The maximum absolute atomic E-state index is 13.2. The Hall–Kier alpha value is -2.22. The van der Waals surface area contributed by atoms with Gasteiger partial charge in [-0.2, -0.15) is 13.2 Å². The Morgan fingerprint density at radius 2 is 1.96 bits per heavy atom. The summed E-state index contributed by atoms with van der Waals surface area (Å²) in [5.74, 6) is -0.430. The summed E-state index contributed by atoms with van der Waals surface area (Å²) in [6, 6.07) is 5.33. The zero-order chi connectivity index (χ0) is 17.7. The topological polar surface area (TPSA) is 49.8 Å². The zero-order valence-electron chi connectivity index (χ0n) is 13.3. The Balaban J connectivity index is 2.22. The molecule has 0 aliphatic rings. The normalized spacial score (nSPS) is 11.8. The molecule has 0 saturated carbocycles. The summed E-state index contributed by atoms with van der Waals surface area (Å²) >= 11 is 0. The summed E-state index contributed by atoms with van der Waals surface area (Å²) < 4.78 is 52.8. The number of hydrogen-bond donors (Lipinski definition) is 2. The number of aromatic nitrogens is 2. The highest BCUT2D eigenvalue weighted by molar-refractivity contribution is 5.53. The SMILES string of the molecule is CC(C)CNCc1cnc(Nc2cccc(F)c2)nc1C(F)(F)F. The molecule has 1 heterocycles. The molecule has 1 aromatic heterocycles. The number of halogens is 4. The molecular weight excluding hydrogens is 324 g/mol.